The molecule has 0 fully saturated rings. The van der Waals surface area contributed by atoms with Crippen LogP contribution in [0, 0.1) is 5.82 Å². The van der Waals surface area contributed by atoms with Crippen molar-refractivity contribution < 1.29 is 13.9 Å². The van der Waals surface area contributed by atoms with Gasteiger partial charge in [-0.05, 0) is 48.9 Å². The fourth-order valence-electron chi connectivity index (χ4n) is 2.45. The first-order valence-electron chi connectivity index (χ1n) is 7.75. The summed E-state index contributed by atoms with van der Waals surface area (Å²) in [6, 6.07) is 22.4. The molecule has 0 saturated heterocycles. The molecule has 0 amide bonds. The van der Waals surface area contributed by atoms with Crippen molar-refractivity contribution in [3.63, 3.8) is 0 Å². The monoisotopic (exact) mass is 320 g/mol. The summed E-state index contributed by atoms with van der Waals surface area (Å²) < 4.78 is 18.8. The number of hydrogen-bond acceptors (Lipinski definition) is 2. The molecule has 2 nitrogen and oxygen atoms in total. The van der Waals surface area contributed by atoms with E-state index in [0.717, 1.165) is 5.56 Å². The normalized spacial score (nSPS) is 11.8. The van der Waals surface area contributed by atoms with Crippen molar-refractivity contribution in [1.82, 2.24) is 0 Å². The second-order valence-electron chi connectivity index (χ2n) is 5.53. The lowest BCUT2D eigenvalue weighted by molar-refractivity contribution is 0.103. The van der Waals surface area contributed by atoms with E-state index in [1.54, 1.807) is 48.5 Å². The van der Waals surface area contributed by atoms with Gasteiger partial charge in [0.1, 0.15) is 17.7 Å². The highest BCUT2D eigenvalue weighted by molar-refractivity contribution is 6.08. The Kier molecular flexibility index (Phi) is 4.71. The third-order valence-corrected chi connectivity index (χ3v) is 3.80. The largest absolute Gasteiger partial charge is 0.486 e. The second-order valence-corrected chi connectivity index (χ2v) is 5.53. The van der Waals surface area contributed by atoms with Gasteiger partial charge >= 0.3 is 0 Å². The number of ether oxygens (including phenoxy) is 1. The molecule has 0 aromatic heterocycles. The van der Waals surface area contributed by atoms with Crippen LogP contribution in [0.25, 0.3) is 0 Å². The first-order chi connectivity index (χ1) is 11.6. The van der Waals surface area contributed by atoms with Crippen molar-refractivity contribution in [3.8, 4) is 5.75 Å². The van der Waals surface area contributed by atoms with Crippen LogP contribution in [0.4, 0.5) is 4.39 Å². The summed E-state index contributed by atoms with van der Waals surface area (Å²) in [4.78, 5) is 12.4. The van der Waals surface area contributed by atoms with Gasteiger partial charge in [0.2, 0.25) is 0 Å². The second kappa shape index (κ2) is 7.09. The highest BCUT2D eigenvalue weighted by Crippen LogP contribution is 2.23. The van der Waals surface area contributed by atoms with E-state index in [9.17, 15) is 9.18 Å². The maximum atomic E-state index is 13.0. The fraction of sp³-hybridized carbons (Fsp3) is 0.0952. The highest BCUT2D eigenvalue weighted by Gasteiger charge is 2.10. The van der Waals surface area contributed by atoms with Gasteiger partial charge in [-0.2, -0.15) is 0 Å². The first-order valence-corrected chi connectivity index (χ1v) is 7.75. The van der Waals surface area contributed by atoms with Crippen molar-refractivity contribution in [1.29, 1.82) is 0 Å². The molecule has 3 heteroatoms. The van der Waals surface area contributed by atoms with E-state index in [1.807, 2.05) is 25.1 Å². The molecule has 0 unspecified atom stereocenters. The van der Waals surface area contributed by atoms with E-state index < -0.39 is 0 Å². The van der Waals surface area contributed by atoms with E-state index in [4.69, 9.17) is 4.74 Å². The topological polar surface area (TPSA) is 26.3 Å². The zero-order valence-electron chi connectivity index (χ0n) is 13.3. The summed E-state index contributed by atoms with van der Waals surface area (Å²) in [6.45, 7) is 1.90. The summed E-state index contributed by atoms with van der Waals surface area (Å²) in [5.74, 6) is 0.375. The molecule has 0 spiro atoms. The molecule has 1 atom stereocenters. The Labute approximate surface area is 140 Å². The van der Waals surface area contributed by atoms with Crippen LogP contribution in [0.2, 0.25) is 0 Å². The van der Waals surface area contributed by atoms with Gasteiger partial charge in [0, 0.05) is 11.1 Å². The molecule has 120 valence electrons. The van der Waals surface area contributed by atoms with E-state index in [2.05, 4.69) is 0 Å². The van der Waals surface area contributed by atoms with E-state index in [0.29, 0.717) is 16.9 Å². The number of halogens is 1. The molecule has 0 aliphatic carbocycles. The summed E-state index contributed by atoms with van der Waals surface area (Å²) in [6.07, 6.45) is -0.207. The molecule has 0 saturated carbocycles. The number of rotatable bonds is 5. The van der Waals surface area contributed by atoms with Gasteiger partial charge in [0.15, 0.2) is 5.78 Å². The summed E-state index contributed by atoms with van der Waals surface area (Å²) in [5.41, 5.74) is 2.16. The highest BCUT2D eigenvalue weighted by atomic mass is 19.1. The Bertz CT molecular complexity index is 809. The van der Waals surface area contributed by atoms with Crippen molar-refractivity contribution in [3.05, 3.63) is 101 Å². The van der Waals surface area contributed by atoms with E-state index in [-0.39, 0.29) is 17.7 Å². The van der Waals surface area contributed by atoms with Crippen LogP contribution >= 0.6 is 0 Å². The summed E-state index contributed by atoms with van der Waals surface area (Å²) >= 11 is 0. The molecule has 3 aromatic carbocycles. The minimum absolute atomic E-state index is 0.0197. The molecule has 0 bridgehead atoms. The van der Waals surface area contributed by atoms with Gasteiger partial charge in [-0.1, -0.05) is 42.5 Å². The number of ketones is 1. The maximum absolute atomic E-state index is 13.0. The zero-order valence-corrected chi connectivity index (χ0v) is 13.3. The molecule has 0 heterocycles. The Hall–Kier alpha value is -2.94. The standard InChI is InChI=1S/C21H17FO2/c1-15(16-7-11-19(22)12-8-16)24-20-13-9-18(10-14-20)21(23)17-5-3-2-4-6-17/h2-15H,1H3/t15-/m0/s1. The smallest absolute Gasteiger partial charge is 0.193 e. The van der Waals surface area contributed by atoms with E-state index in [1.165, 1.54) is 12.1 Å². The van der Waals surface area contributed by atoms with Crippen LogP contribution in [0.15, 0.2) is 78.9 Å². The number of benzene rings is 3. The molecule has 3 aromatic rings. The van der Waals surface area contributed by atoms with Crippen molar-refractivity contribution in [2.24, 2.45) is 0 Å². The Morgan fingerprint density at radius 3 is 2.04 bits per heavy atom. The van der Waals surface area contributed by atoms with Gasteiger partial charge in [-0.25, -0.2) is 4.39 Å². The number of hydrogen-bond donors (Lipinski definition) is 0. The average molecular weight is 320 g/mol. The SMILES string of the molecule is C[C@H](Oc1ccc(C(=O)c2ccccc2)cc1)c1ccc(F)cc1. The molecular weight excluding hydrogens is 303 g/mol. The van der Waals surface area contributed by atoms with Crippen LogP contribution < -0.4 is 4.74 Å². The minimum atomic E-state index is -0.269. The van der Waals surface area contributed by atoms with Crippen molar-refractivity contribution >= 4 is 5.78 Å². The predicted octanol–water partition coefficient (Wildman–Crippen LogP) is 5.20. The van der Waals surface area contributed by atoms with E-state index >= 15 is 0 Å². The van der Waals surface area contributed by atoms with Gasteiger partial charge in [0.05, 0.1) is 0 Å². The van der Waals surface area contributed by atoms with Crippen LogP contribution in [-0.2, 0) is 0 Å². The molecule has 0 radical (unpaired) electrons. The van der Waals surface area contributed by atoms with Crippen molar-refractivity contribution in [2.75, 3.05) is 0 Å². The van der Waals surface area contributed by atoms with Gasteiger partial charge in [-0.15, -0.1) is 0 Å². The lowest BCUT2D eigenvalue weighted by atomic mass is 10.0. The lowest BCUT2D eigenvalue weighted by Crippen LogP contribution is -2.04. The molecule has 3 rings (SSSR count). The Balaban J connectivity index is 1.70. The molecule has 0 aliphatic heterocycles. The van der Waals surface area contributed by atoms with Crippen molar-refractivity contribution in [2.45, 2.75) is 13.0 Å². The number of carbonyl (C=O) groups excluding carboxylic acids is 1. The van der Waals surface area contributed by atoms with Gasteiger partial charge < -0.3 is 4.74 Å². The summed E-state index contributed by atoms with van der Waals surface area (Å²) in [7, 11) is 0. The third kappa shape index (κ3) is 3.69. The molecule has 0 N–H and O–H groups in total. The lowest BCUT2D eigenvalue weighted by Gasteiger charge is -2.15. The van der Waals surface area contributed by atoms with Gasteiger partial charge in [0.25, 0.3) is 0 Å². The van der Waals surface area contributed by atoms with Gasteiger partial charge in [-0.3, -0.25) is 4.79 Å². The first kappa shape index (κ1) is 15.9. The maximum Gasteiger partial charge on any atom is 0.193 e. The van der Waals surface area contributed by atoms with Crippen LogP contribution in [0.3, 0.4) is 0 Å². The zero-order chi connectivity index (χ0) is 16.9. The van der Waals surface area contributed by atoms with Crippen LogP contribution in [0.5, 0.6) is 5.75 Å². The molecule has 0 aliphatic rings. The average Bonchev–Trinajstić information content (AvgIpc) is 2.63. The third-order valence-electron chi connectivity index (χ3n) is 3.80. The van der Waals surface area contributed by atoms with Crippen LogP contribution in [-0.4, -0.2) is 5.78 Å². The Morgan fingerprint density at radius 2 is 1.42 bits per heavy atom. The molecular formula is C21H17FO2. The fourth-order valence-corrected chi connectivity index (χ4v) is 2.45. The summed E-state index contributed by atoms with van der Waals surface area (Å²) in [5, 5.41) is 0. The number of carbonyl (C=O) groups is 1. The Morgan fingerprint density at radius 1 is 0.833 bits per heavy atom. The predicted molar refractivity (Wildman–Crippen MR) is 91.8 cm³/mol. The molecule has 24 heavy (non-hydrogen) atoms. The van der Waals surface area contributed by atoms with Crippen LogP contribution in [0.1, 0.15) is 34.5 Å². The minimum Gasteiger partial charge on any atom is -0.486 e. The quantitative estimate of drug-likeness (QED) is 0.604.